The van der Waals surface area contributed by atoms with E-state index in [2.05, 4.69) is 0 Å². The van der Waals surface area contributed by atoms with Crippen LogP contribution < -0.4 is 0 Å². The highest BCUT2D eigenvalue weighted by Crippen LogP contribution is 2.33. The maximum atomic E-state index is 13.5. The van der Waals surface area contributed by atoms with Gasteiger partial charge in [0.05, 0.1) is 0 Å². The molecule has 1 nitrogen and oxygen atoms in total. The molecule has 0 unspecified atom stereocenters. The first-order valence-corrected chi connectivity index (χ1v) is 4.33. The number of hydrogen-bond donors (Lipinski definition) is 0. The molecule has 0 aliphatic carbocycles. The molecule has 0 radical (unpaired) electrons. The highest BCUT2D eigenvalue weighted by molar-refractivity contribution is 5.85. The molecule has 0 saturated heterocycles. The molecule has 0 fully saturated rings. The van der Waals surface area contributed by atoms with Crippen LogP contribution in [0.25, 0.3) is 0 Å². The fourth-order valence-corrected chi connectivity index (χ4v) is 1.49. The Balaban J connectivity index is 3.38. The molecular formula is C11H12F2O. The summed E-state index contributed by atoms with van der Waals surface area (Å²) in [5.41, 5.74) is 0.739. The van der Waals surface area contributed by atoms with E-state index in [4.69, 9.17) is 0 Å². The Labute approximate surface area is 81.7 Å². The van der Waals surface area contributed by atoms with Crippen LogP contribution >= 0.6 is 0 Å². The number of Topliss-reactive ketones (excluding diaryl/α,β-unsaturated/α-hetero) is 1. The van der Waals surface area contributed by atoms with Gasteiger partial charge in [0.25, 0.3) is 0 Å². The third kappa shape index (κ3) is 1.67. The second-order valence-electron chi connectivity index (χ2n) is 3.40. The van der Waals surface area contributed by atoms with E-state index < -0.39 is 11.7 Å². The van der Waals surface area contributed by atoms with Gasteiger partial charge in [0.15, 0.2) is 0 Å². The molecule has 3 heteroatoms. The third-order valence-electron chi connectivity index (χ3n) is 2.24. The maximum absolute atomic E-state index is 13.5. The summed E-state index contributed by atoms with van der Waals surface area (Å²) < 4.78 is 26.9. The Morgan fingerprint density at radius 2 is 1.64 bits per heavy atom. The molecule has 76 valence electrons. The van der Waals surface area contributed by atoms with Crippen molar-refractivity contribution in [2.45, 2.75) is 26.7 Å². The molecule has 1 rings (SSSR count). The summed E-state index contributed by atoms with van der Waals surface area (Å²) in [6, 6.07) is 4.86. The van der Waals surface area contributed by atoms with Gasteiger partial charge in [-0.05, 0) is 25.0 Å². The Morgan fingerprint density at radius 3 is 2.00 bits per heavy atom. The zero-order valence-electron chi connectivity index (χ0n) is 8.40. The fourth-order valence-electron chi connectivity index (χ4n) is 1.49. The molecule has 0 amide bonds. The van der Waals surface area contributed by atoms with E-state index in [-0.39, 0.29) is 5.56 Å². The first kappa shape index (κ1) is 10.8. The summed E-state index contributed by atoms with van der Waals surface area (Å²) in [5, 5.41) is 0. The van der Waals surface area contributed by atoms with Crippen LogP contribution in [0.5, 0.6) is 0 Å². The molecule has 0 heterocycles. The standard InChI is InChI=1S/C11H12F2O/c1-7-5-4-6-8(2)10(7)11(12,13)9(3)14/h4-6H,1-3H3. The number of benzene rings is 1. The van der Waals surface area contributed by atoms with Gasteiger partial charge in [-0.3, -0.25) is 4.79 Å². The van der Waals surface area contributed by atoms with Gasteiger partial charge in [-0.1, -0.05) is 18.2 Å². The van der Waals surface area contributed by atoms with Crippen LogP contribution in [0, 0.1) is 13.8 Å². The van der Waals surface area contributed by atoms with Crippen molar-refractivity contribution in [3.8, 4) is 0 Å². The number of rotatable bonds is 2. The van der Waals surface area contributed by atoms with Gasteiger partial charge in [-0.25, -0.2) is 0 Å². The first-order chi connectivity index (χ1) is 6.37. The molecule has 0 aromatic heterocycles. The van der Waals surface area contributed by atoms with Crippen LogP contribution in [-0.4, -0.2) is 5.78 Å². The predicted octanol–water partition coefficient (Wildman–Crippen LogP) is 2.98. The maximum Gasteiger partial charge on any atom is 0.330 e. The van der Waals surface area contributed by atoms with Crippen LogP contribution in [0.15, 0.2) is 18.2 Å². The average molecular weight is 198 g/mol. The topological polar surface area (TPSA) is 17.1 Å². The Morgan fingerprint density at radius 1 is 1.21 bits per heavy atom. The van der Waals surface area contributed by atoms with Gasteiger partial charge in [0.2, 0.25) is 5.78 Å². The molecule has 0 N–H and O–H groups in total. The predicted molar refractivity (Wildman–Crippen MR) is 50.5 cm³/mol. The lowest BCUT2D eigenvalue weighted by Gasteiger charge is -2.18. The van der Waals surface area contributed by atoms with Crippen molar-refractivity contribution in [3.63, 3.8) is 0 Å². The van der Waals surface area contributed by atoms with Gasteiger partial charge in [-0.2, -0.15) is 8.78 Å². The Bertz CT molecular complexity index is 349. The van der Waals surface area contributed by atoms with E-state index >= 15 is 0 Å². The summed E-state index contributed by atoms with van der Waals surface area (Å²) in [6.45, 7) is 4.07. The van der Waals surface area contributed by atoms with Gasteiger partial charge >= 0.3 is 5.92 Å². The van der Waals surface area contributed by atoms with Gasteiger partial charge < -0.3 is 0 Å². The van der Waals surface area contributed by atoms with Gasteiger partial charge in [0.1, 0.15) is 0 Å². The highest BCUT2D eigenvalue weighted by Gasteiger charge is 2.39. The van der Waals surface area contributed by atoms with E-state index in [0.717, 1.165) is 6.92 Å². The van der Waals surface area contributed by atoms with Crippen molar-refractivity contribution < 1.29 is 13.6 Å². The number of ketones is 1. The number of alkyl halides is 2. The van der Waals surface area contributed by atoms with Crippen molar-refractivity contribution in [3.05, 3.63) is 34.9 Å². The molecule has 0 atom stereocenters. The normalized spacial score (nSPS) is 11.5. The monoisotopic (exact) mass is 198 g/mol. The zero-order valence-corrected chi connectivity index (χ0v) is 8.40. The lowest BCUT2D eigenvalue weighted by Crippen LogP contribution is -2.25. The minimum Gasteiger partial charge on any atom is -0.293 e. The van der Waals surface area contributed by atoms with Crippen molar-refractivity contribution >= 4 is 5.78 Å². The van der Waals surface area contributed by atoms with Crippen LogP contribution in [0.1, 0.15) is 23.6 Å². The molecule has 1 aromatic carbocycles. The third-order valence-corrected chi connectivity index (χ3v) is 2.24. The summed E-state index contributed by atoms with van der Waals surface area (Å²) in [5.74, 6) is -4.48. The molecule has 0 spiro atoms. The summed E-state index contributed by atoms with van der Waals surface area (Å²) in [4.78, 5) is 10.8. The van der Waals surface area contributed by atoms with E-state index in [1.54, 1.807) is 32.0 Å². The first-order valence-electron chi connectivity index (χ1n) is 4.33. The van der Waals surface area contributed by atoms with Crippen LogP contribution in [-0.2, 0) is 10.7 Å². The minimum atomic E-state index is -3.37. The summed E-state index contributed by atoms with van der Waals surface area (Å²) in [7, 11) is 0. The van der Waals surface area contributed by atoms with Gasteiger partial charge in [0, 0.05) is 12.5 Å². The second kappa shape index (κ2) is 3.48. The van der Waals surface area contributed by atoms with E-state index in [0.29, 0.717) is 11.1 Å². The lowest BCUT2D eigenvalue weighted by atomic mass is 9.95. The second-order valence-corrected chi connectivity index (χ2v) is 3.40. The van der Waals surface area contributed by atoms with Crippen molar-refractivity contribution in [2.24, 2.45) is 0 Å². The molecule has 0 saturated carbocycles. The number of halogens is 2. The van der Waals surface area contributed by atoms with Crippen molar-refractivity contribution in [1.82, 2.24) is 0 Å². The van der Waals surface area contributed by atoms with E-state index in [1.165, 1.54) is 0 Å². The average Bonchev–Trinajstić information content (AvgIpc) is 2.02. The quantitative estimate of drug-likeness (QED) is 0.714. The molecule has 14 heavy (non-hydrogen) atoms. The number of carbonyl (C=O) groups is 1. The Kier molecular flexibility index (Phi) is 2.69. The lowest BCUT2D eigenvalue weighted by molar-refractivity contribution is -0.142. The number of carbonyl (C=O) groups excluding carboxylic acids is 1. The van der Waals surface area contributed by atoms with Crippen LogP contribution in [0.4, 0.5) is 8.78 Å². The van der Waals surface area contributed by atoms with E-state index in [1.807, 2.05) is 0 Å². The van der Waals surface area contributed by atoms with Crippen molar-refractivity contribution in [1.29, 1.82) is 0 Å². The largest absolute Gasteiger partial charge is 0.330 e. The fraction of sp³-hybridized carbons (Fsp3) is 0.364. The Hall–Kier alpha value is -1.25. The smallest absolute Gasteiger partial charge is 0.293 e. The van der Waals surface area contributed by atoms with E-state index in [9.17, 15) is 13.6 Å². The van der Waals surface area contributed by atoms with Crippen LogP contribution in [0.3, 0.4) is 0 Å². The highest BCUT2D eigenvalue weighted by atomic mass is 19.3. The molecular weight excluding hydrogens is 186 g/mol. The molecule has 1 aromatic rings. The summed E-state index contributed by atoms with van der Waals surface area (Å²) in [6.07, 6.45) is 0. The van der Waals surface area contributed by atoms with Crippen LogP contribution in [0.2, 0.25) is 0 Å². The minimum absolute atomic E-state index is 0.160. The number of aryl methyl sites for hydroxylation is 2. The molecule has 0 bridgehead atoms. The number of hydrogen-bond acceptors (Lipinski definition) is 1. The SMILES string of the molecule is CC(=O)C(F)(F)c1c(C)cccc1C. The molecule has 0 aliphatic rings. The van der Waals surface area contributed by atoms with Crippen molar-refractivity contribution in [2.75, 3.05) is 0 Å². The summed E-state index contributed by atoms with van der Waals surface area (Å²) >= 11 is 0. The zero-order chi connectivity index (χ0) is 10.9. The van der Waals surface area contributed by atoms with Gasteiger partial charge in [-0.15, -0.1) is 0 Å². The molecule has 0 aliphatic heterocycles.